The van der Waals surface area contributed by atoms with E-state index in [9.17, 15) is 19.7 Å². The van der Waals surface area contributed by atoms with Crippen molar-refractivity contribution in [2.45, 2.75) is 13.0 Å². The number of nitrogens with zero attached hydrogens (tertiary/aromatic N) is 2. The first-order chi connectivity index (χ1) is 15.9. The Bertz CT molecular complexity index is 1140. The molecule has 0 atom stereocenters. The fourth-order valence-electron chi connectivity index (χ4n) is 3.21. The second kappa shape index (κ2) is 11.2. The quantitative estimate of drug-likeness (QED) is 0.355. The third-order valence-electron chi connectivity index (χ3n) is 4.95. The molecule has 8 nitrogen and oxygen atoms in total. The molecule has 3 aromatic rings. The molecular weight excluding hydrogens is 444 g/mol. The number of hydrogen-bond acceptors (Lipinski definition) is 5. The summed E-state index contributed by atoms with van der Waals surface area (Å²) in [6.07, 6.45) is 0.632. The zero-order chi connectivity index (χ0) is 23.8. The molecule has 0 spiro atoms. The molecule has 0 saturated heterocycles. The molecule has 0 saturated carbocycles. The Morgan fingerprint density at radius 3 is 2.33 bits per heavy atom. The summed E-state index contributed by atoms with van der Waals surface area (Å²) < 4.78 is 0. The molecule has 0 bridgehead atoms. The number of hydrogen-bond donors (Lipinski definition) is 2. The van der Waals surface area contributed by atoms with Crippen molar-refractivity contribution < 1.29 is 14.5 Å². The number of nitro benzene ring substituents is 1. The Morgan fingerprint density at radius 1 is 1.00 bits per heavy atom. The monoisotopic (exact) mass is 466 g/mol. The standard InChI is InChI=1S/C24H23ClN4O4/c25-22-12-9-20(27-23(30)17-7-10-21(11-8-17)29(32)33)15-19(22)16-28(14-4-13-26)24(31)18-5-2-1-3-6-18/h1-3,5-12,15H,4,13-14,16,26H2,(H,27,30). The molecule has 0 aliphatic heterocycles. The summed E-state index contributed by atoms with van der Waals surface area (Å²) in [5, 5.41) is 14.0. The number of benzene rings is 3. The number of anilines is 1. The number of nitro groups is 1. The molecule has 170 valence electrons. The van der Waals surface area contributed by atoms with Gasteiger partial charge < -0.3 is 16.0 Å². The molecule has 2 amide bonds. The van der Waals surface area contributed by atoms with E-state index >= 15 is 0 Å². The van der Waals surface area contributed by atoms with Crippen molar-refractivity contribution in [3.05, 3.63) is 105 Å². The lowest BCUT2D eigenvalue weighted by Gasteiger charge is -2.24. The van der Waals surface area contributed by atoms with Crippen molar-refractivity contribution in [1.29, 1.82) is 0 Å². The fraction of sp³-hybridized carbons (Fsp3) is 0.167. The first-order valence-electron chi connectivity index (χ1n) is 10.3. The van der Waals surface area contributed by atoms with E-state index in [1.165, 1.54) is 24.3 Å². The summed E-state index contributed by atoms with van der Waals surface area (Å²) in [6, 6.07) is 19.3. The smallest absolute Gasteiger partial charge is 0.269 e. The molecular formula is C24H23ClN4O4. The Kier molecular flexibility index (Phi) is 8.12. The van der Waals surface area contributed by atoms with Gasteiger partial charge in [0.15, 0.2) is 0 Å². The highest BCUT2D eigenvalue weighted by atomic mass is 35.5. The van der Waals surface area contributed by atoms with Crippen LogP contribution in [0.4, 0.5) is 11.4 Å². The predicted molar refractivity (Wildman–Crippen MR) is 127 cm³/mol. The second-order valence-electron chi connectivity index (χ2n) is 7.30. The number of carbonyl (C=O) groups excluding carboxylic acids is 2. The van der Waals surface area contributed by atoms with Crippen LogP contribution in [0.25, 0.3) is 0 Å². The number of rotatable bonds is 9. The molecule has 0 fully saturated rings. The van der Waals surface area contributed by atoms with E-state index in [-0.39, 0.29) is 23.7 Å². The molecule has 3 aromatic carbocycles. The Labute approximate surface area is 196 Å². The van der Waals surface area contributed by atoms with Crippen molar-refractivity contribution >= 4 is 34.8 Å². The minimum atomic E-state index is -0.527. The van der Waals surface area contributed by atoms with Crippen LogP contribution in [0.5, 0.6) is 0 Å². The van der Waals surface area contributed by atoms with E-state index in [0.29, 0.717) is 41.3 Å². The van der Waals surface area contributed by atoms with Crippen LogP contribution in [-0.2, 0) is 6.54 Å². The van der Waals surface area contributed by atoms with Crippen LogP contribution >= 0.6 is 11.6 Å². The van der Waals surface area contributed by atoms with Crippen molar-refractivity contribution in [2.24, 2.45) is 5.73 Å². The third kappa shape index (κ3) is 6.38. The summed E-state index contributed by atoms with van der Waals surface area (Å²) in [7, 11) is 0. The number of nitrogens with two attached hydrogens (primary N) is 1. The molecule has 0 radical (unpaired) electrons. The second-order valence-corrected chi connectivity index (χ2v) is 7.71. The van der Waals surface area contributed by atoms with E-state index in [0.717, 1.165) is 0 Å². The van der Waals surface area contributed by atoms with Crippen LogP contribution in [-0.4, -0.2) is 34.7 Å². The number of non-ortho nitro benzene ring substituents is 1. The maximum absolute atomic E-state index is 13.0. The van der Waals surface area contributed by atoms with E-state index < -0.39 is 10.8 Å². The van der Waals surface area contributed by atoms with Gasteiger partial charge in [-0.25, -0.2) is 0 Å². The van der Waals surface area contributed by atoms with Gasteiger partial charge in [-0.2, -0.15) is 0 Å². The van der Waals surface area contributed by atoms with Gasteiger partial charge in [-0.1, -0.05) is 29.8 Å². The van der Waals surface area contributed by atoms with Crippen LogP contribution in [0.3, 0.4) is 0 Å². The molecule has 9 heteroatoms. The third-order valence-corrected chi connectivity index (χ3v) is 5.31. The van der Waals surface area contributed by atoms with Crippen LogP contribution in [0.1, 0.15) is 32.7 Å². The highest BCUT2D eigenvalue weighted by molar-refractivity contribution is 6.31. The van der Waals surface area contributed by atoms with Crippen molar-refractivity contribution in [3.8, 4) is 0 Å². The lowest BCUT2D eigenvalue weighted by atomic mass is 10.1. The first kappa shape index (κ1) is 23.9. The molecule has 0 unspecified atom stereocenters. The van der Waals surface area contributed by atoms with Gasteiger partial charge in [-0.05, 0) is 61.0 Å². The summed E-state index contributed by atoms with van der Waals surface area (Å²) >= 11 is 6.39. The Balaban J connectivity index is 1.78. The average Bonchev–Trinajstić information content (AvgIpc) is 2.83. The van der Waals surface area contributed by atoms with Gasteiger partial charge in [0.25, 0.3) is 17.5 Å². The SMILES string of the molecule is NCCCN(Cc1cc(NC(=O)c2ccc([N+](=O)[O-])cc2)ccc1Cl)C(=O)c1ccccc1. The zero-order valence-electron chi connectivity index (χ0n) is 17.7. The summed E-state index contributed by atoms with van der Waals surface area (Å²) in [4.78, 5) is 37.5. The highest BCUT2D eigenvalue weighted by Gasteiger charge is 2.18. The highest BCUT2D eigenvalue weighted by Crippen LogP contribution is 2.24. The molecule has 0 aliphatic carbocycles. The van der Waals surface area contributed by atoms with E-state index in [1.807, 2.05) is 6.07 Å². The van der Waals surface area contributed by atoms with E-state index in [4.69, 9.17) is 17.3 Å². The Hall–Kier alpha value is -3.75. The molecule has 0 heterocycles. The van der Waals surface area contributed by atoms with Crippen molar-refractivity contribution in [1.82, 2.24) is 4.90 Å². The molecule has 0 aromatic heterocycles. The molecule has 3 rings (SSSR count). The lowest BCUT2D eigenvalue weighted by molar-refractivity contribution is -0.384. The van der Waals surface area contributed by atoms with Gasteiger partial charge in [-0.3, -0.25) is 19.7 Å². The minimum absolute atomic E-state index is 0.0963. The van der Waals surface area contributed by atoms with Gasteiger partial charge in [0.05, 0.1) is 4.92 Å². The van der Waals surface area contributed by atoms with Gasteiger partial charge in [0.1, 0.15) is 0 Å². The Morgan fingerprint density at radius 2 is 1.70 bits per heavy atom. The fourth-order valence-corrected chi connectivity index (χ4v) is 3.39. The van der Waals surface area contributed by atoms with Crippen molar-refractivity contribution in [2.75, 3.05) is 18.4 Å². The summed E-state index contributed by atoms with van der Waals surface area (Å²) in [5.74, 6) is -0.557. The first-order valence-corrected chi connectivity index (χ1v) is 10.7. The maximum atomic E-state index is 13.0. The lowest BCUT2D eigenvalue weighted by Crippen LogP contribution is -2.32. The number of amides is 2. The molecule has 3 N–H and O–H groups in total. The minimum Gasteiger partial charge on any atom is -0.334 e. The zero-order valence-corrected chi connectivity index (χ0v) is 18.5. The largest absolute Gasteiger partial charge is 0.334 e. The maximum Gasteiger partial charge on any atom is 0.269 e. The average molecular weight is 467 g/mol. The van der Waals surface area contributed by atoms with E-state index in [1.54, 1.807) is 47.4 Å². The summed E-state index contributed by atoms with van der Waals surface area (Å²) in [6.45, 7) is 1.14. The van der Waals surface area contributed by atoms with Crippen molar-refractivity contribution in [3.63, 3.8) is 0 Å². The normalized spacial score (nSPS) is 10.5. The molecule has 33 heavy (non-hydrogen) atoms. The van der Waals surface area contributed by atoms with Crippen LogP contribution in [0.15, 0.2) is 72.8 Å². The summed E-state index contributed by atoms with van der Waals surface area (Å²) in [5.41, 5.74) is 7.55. The van der Waals surface area contributed by atoms with Gasteiger partial charge >= 0.3 is 0 Å². The van der Waals surface area contributed by atoms with Gasteiger partial charge in [0.2, 0.25) is 0 Å². The topological polar surface area (TPSA) is 119 Å². The van der Waals surface area contributed by atoms with E-state index in [2.05, 4.69) is 5.32 Å². The number of carbonyl (C=O) groups is 2. The number of nitrogens with one attached hydrogen (secondary N) is 1. The van der Waals surface area contributed by atoms with Gasteiger partial charge in [-0.15, -0.1) is 0 Å². The number of halogens is 1. The molecule has 0 aliphatic rings. The predicted octanol–water partition coefficient (Wildman–Crippen LogP) is 4.49. The van der Waals surface area contributed by atoms with Gasteiger partial charge in [0, 0.05) is 47.1 Å². The van der Waals surface area contributed by atoms with Crippen LogP contribution < -0.4 is 11.1 Å². The van der Waals surface area contributed by atoms with Crippen LogP contribution in [0, 0.1) is 10.1 Å². The van der Waals surface area contributed by atoms with Crippen LogP contribution in [0.2, 0.25) is 5.02 Å².